The highest BCUT2D eigenvalue weighted by atomic mass is 35.5. The lowest BCUT2D eigenvalue weighted by atomic mass is 10.0. The van der Waals surface area contributed by atoms with Gasteiger partial charge in [0.25, 0.3) is 11.8 Å². The van der Waals surface area contributed by atoms with Crippen molar-refractivity contribution < 1.29 is 9.59 Å². The van der Waals surface area contributed by atoms with Gasteiger partial charge < -0.3 is 4.57 Å². The second-order valence-corrected chi connectivity index (χ2v) is 7.23. The molecule has 136 valence electrons. The lowest BCUT2D eigenvalue weighted by Crippen LogP contribution is -2.33. The molecule has 1 aliphatic heterocycles. The number of imide groups is 1. The van der Waals surface area contributed by atoms with E-state index in [0.717, 1.165) is 22.0 Å². The van der Waals surface area contributed by atoms with Gasteiger partial charge >= 0.3 is 0 Å². The van der Waals surface area contributed by atoms with Crippen LogP contribution in [0.1, 0.15) is 16.7 Å². The van der Waals surface area contributed by atoms with Crippen LogP contribution in [0.5, 0.6) is 0 Å². The SMILES string of the molecule is Cc1ccc(C2=C(Cl)C(=O)N(CCc3cn(C)c4ccccc34)C2=O)cc1. The lowest BCUT2D eigenvalue weighted by Gasteiger charge is -2.14. The molecule has 4 rings (SSSR count). The molecule has 1 aromatic heterocycles. The number of para-hydroxylation sites is 1. The fourth-order valence-corrected chi connectivity index (χ4v) is 3.87. The molecule has 2 aromatic carbocycles. The van der Waals surface area contributed by atoms with Crippen molar-refractivity contribution in [2.24, 2.45) is 7.05 Å². The molecule has 0 aliphatic carbocycles. The third-order valence-corrected chi connectivity index (χ3v) is 5.39. The Hall–Kier alpha value is -2.85. The number of hydrogen-bond acceptors (Lipinski definition) is 2. The first-order chi connectivity index (χ1) is 13.0. The molecule has 2 heterocycles. The Kier molecular flexibility index (Phi) is 4.36. The molecule has 27 heavy (non-hydrogen) atoms. The second-order valence-electron chi connectivity index (χ2n) is 6.85. The molecule has 0 bridgehead atoms. The first-order valence-corrected chi connectivity index (χ1v) is 9.21. The maximum Gasteiger partial charge on any atom is 0.273 e. The molecule has 0 N–H and O–H groups in total. The van der Waals surface area contributed by atoms with Gasteiger partial charge in [-0.2, -0.15) is 0 Å². The van der Waals surface area contributed by atoms with E-state index in [4.69, 9.17) is 11.6 Å². The summed E-state index contributed by atoms with van der Waals surface area (Å²) in [5, 5.41) is 1.14. The Morgan fingerprint density at radius 1 is 0.963 bits per heavy atom. The van der Waals surface area contributed by atoms with Crippen molar-refractivity contribution in [3.8, 4) is 0 Å². The maximum atomic E-state index is 12.9. The monoisotopic (exact) mass is 378 g/mol. The number of amides is 2. The van der Waals surface area contributed by atoms with Gasteiger partial charge in [0.15, 0.2) is 0 Å². The molecule has 0 saturated carbocycles. The normalized spacial score (nSPS) is 14.7. The predicted molar refractivity (Wildman–Crippen MR) is 107 cm³/mol. The topological polar surface area (TPSA) is 42.3 Å². The standard InChI is InChI=1S/C22H19ClN2O2/c1-14-7-9-15(10-8-14)19-20(23)22(27)25(21(19)26)12-11-16-13-24(2)18-6-4-3-5-17(16)18/h3-10,13H,11-12H2,1-2H3. The summed E-state index contributed by atoms with van der Waals surface area (Å²) in [5.41, 5.74) is 4.29. The van der Waals surface area contributed by atoms with E-state index >= 15 is 0 Å². The van der Waals surface area contributed by atoms with E-state index in [2.05, 4.69) is 16.7 Å². The van der Waals surface area contributed by atoms with Crippen LogP contribution in [-0.2, 0) is 23.1 Å². The van der Waals surface area contributed by atoms with E-state index in [1.54, 1.807) is 0 Å². The predicted octanol–water partition coefficient (Wildman–Crippen LogP) is 4.05. The summed E-state index contributed by atoms with van der Waals surface area (Å²) in [5.74, 6) is -0.744. The third-order valence-electron chi connectivity index (χ3n) is 5.04. The molecular weight excluding hydrogens is 360 g/mol. The Bertz CT molecular complexity index is 1090. The van der Waals surface area contributed by atoms with Crippen molar-refractivity contribution >= 4 is 39.9 Å². The van der Waals surface area contributed by atoms with Crippen LogP contribution in [-0.4, -0.2) is 27.8 Å². The summed E-state index contributed by atoms with van der Waals surface area (Å²) >= 11 is 6.24. The Morgan fingerprint density at radius 3 is 2.41 bits per heavy atom. The van der Waals surface area contributed by atoms with E-state index in [1.807, 2.05) is 56.6 Å². The average Bonchev–Trinajstić information content (AvgIpc) is 3.09. The molecule has 0 spiro atoms. The van der Waals surface area contributed by atoms with Gasteiger partial charge in [0.05, 0.1) is 5.57 Å². The molecule has 0 fully saturated rings. The van der Waals surface area contributed by atoms with Crippen molar-refractivity contribution in [3.05, 3.63) is 76.5 Å². The first kappa shape index (κ1) is 17.6. The van der Waals surface area contributed by atoms with Crippen LogP contribution in [0.25, 0.3) is 16.5 Å². The molecule has 1 aliphatic rings. The summed E-state index contributed by atoms with van der Waals surface area (Å²) < 4.78 is 2.06. The van der Waals surface area contributed by atoms with Crippen LogP contribution < -0.4 is 0 Å². The van der Waals surface area contributed by atoms with Crippen molar-refractivity contribution in [3.63, 3.8) is 0 Å². The fourth-order valence-electron chi connectivity index (χ4n) is 3.58. The van der Waals surface area contributed by atoms with E-state index in [9.17, 15) is 9.59 Å². The van der Waals surface area contributed by atoms with Crippen molar-refractivity contribution in [2.45, 2.75) is 13.3 Å². The van der Waals surface area contributed by atoms with E-state index in [0.29, 0.717) is 24.1 Å². The number of carbonyl (C=O) groups is 2. The van der Waals surface area contributed by atoms with Crippen LogP contribution in [0.3, 0.4) is 0 Å². The largest absolute Gasteiger partial charge is 0.350 e. The summed E-state index contributed by atoms with van der Waals surface area (Å²) in [6, 6.07) is 15.6. The summed E-state index contributed by atoms with van der Waals surface area (Å²) in [6.07, 6.45) is 2.63. The number of nitrogens with zero attached hydrogens (tertiary/aromatic N) is 2. The number of aromatic nitrogens is 1. The number of aryl methyl sites for hydroxylation is 2. The van der Waals surface area contributed by atoms with Crippen LogP contribution in [0.2, 0.25) is 0 Å². The Morgan fingerprint density at radius 2 is 1.67 bits per heavy atom. The number of hydrogen-bond donors (Lipinski definition) is 0. The molecular formula is C22H19ClN2O2. The number of benzene rings is 2. The van der Waals surface area contributed by atoms with Crippen LogP contribution in [0, 0.1) is 6.92 Å². The highest BCUT2D eigenvalue weighted by molar-refractivity contribution is 6.55. The van der Waals surface area contributed by atoms with Crippen LogP contribution in [0.15, 0.2) is 59.8 Å². The zero-order chi connectivity index (χ0) is 19.1. The smallest absolute Gasteiger partial charge is 0.273 e. The summed E-state index contributed by atoms with van der Waals surface area (Å²) in [6.45, 7) is 2.27. The molecule has 3 aromatic rings. The number of fused-ring (bicyclic) bond motifs is 1. The molecule has 5 heteroatoms. The van der Waals surface area contributed by atoms with Gasteiger partial charge in [-0.15, -0.1) is 0 Å². The third kappa shape index (κ3) is 2.96. The highest BCUT2D eigenvalue weighted by Crippen LogP contribution is 2.32. The quantitative estimate of drug-likeness (QED) is 0.643. The molecule has 0 saturated heterocycles. The van der Waals surface area contributed by atoms with Crippen LogP contribution in [0.4, 0.5) is 0 Å². The number of rotatable bonds is 4. The van der Waals surface area contributed by atoms with E-state index in [1.165, 1.54) is 4.90 Å². The van der Waals surface area contributed by atoms with E-state index < -0.39 is 5.91 Å². The average molecular weight is 379 g/mol. The second kappa shape index (κ2) is 6.71. The number of halogens is 1. The van der Waals surface area contributed by atoms with Crippen molar-refractivity contribution in [1.29, 1.82) is 0 Å². The zero-order valence-corrected chi connectivity index (χ0v) is 16.0. The molecule has 4 nitrogen and oxygen atoms in total. The van der Waals surface area contributed by atoms with Crippen molar-refractivity contribution in [1.82, 2.24) is 9.47 Å². The van der Waals surface area contributed by atoms with Gasteiger partial charge in [0, 0.05) is 30.7 Å². The summed E-state index contributed by atoms with van der Waals surface area (Å²) in [7, 11) is 1.99. The van der Waals surface area contributed by atoms with Gasteiger partial charge in [-0.05, 0) is 30.5 Å². The van der Waals surface area contributed by atoms with Crippen molar-refractivity contribution in [2.75, 3.05) is 6.54 Å². The Labute approximate surface area is 162 Å². The first-order valence-electron chi connectivity index (χ1n) is 8.83. The molecule has 2 amide bonds. The zero-order valence-electron chi connectivity index (χ0n) is 15.2. The minimum atomic E-state index is -0.419. The van der Waals surface area contributed by atoms with E-state index in [-0.39, 0.29) is 10.9 Å². The fraction of sp³-hybridized carbons (Fsp3) is 0.182. The van der Waals surface area contributed by atoms with Crippen LogP contribution >= 0.6 is 11.6 Å². The minimum Gasteiger partial charge on any atom is -0.350 e. The highest BCUT2D eigenvalue weighted by Gasteiger charge is 2.37. The number of carbonyl (C=O) groups excluding carboxylic acids is 2. The minimum absolute atomic E-state index is 0.00164. The molecule has 0 radical (unpaired) electrons. The van der Waals surface area contributed by atoms with Gasteiger partial charge in [0.2, 0.25) is 0 Å². The van der Waals surface area contributed by atoms with Gasteiger partial charge in [-0.3, -0.25) is 14.5 Å². The van der Waals surface area contributed by atoms with Gasteiger partial charge in [0.1, 0.15) is 5.03 Å². The maximum absolute atomic E-state index is 12.9. The molecule has 0 unspecified atom stereocenters. The van der Waals surface area contributed by atoms with Gasteiger partial charge in [-0.25, -0.2) is 0 Å². The summed E-state index contributed by atoms with van der Waals surface area (Å²) in [4.78, 5) is 26.7. The van der Waals surface area contributed by atoms with Gasteiger partial charge in [-0.1, -0.05) is 59.6 Å². The lowest BCUT2D eigenvalue weighted by molar-refractivity contribution is -0.136. The molecule has 0 atom stereocenters. The Balaban J connectivity index is 1.58.